The number of piperidine rings is 1. The third kappa shape index (κ3) is 4.77. The van der Waals surface area contributed by atoms with E-state index >= 15 is 0 Å². The number of rotatable bonds is 6. The highest BCUT2D eigenvalue weighted by atomic mass is 16.5. The molecule has 1 aromatic heterocycles. The summed E-state index contributed by atoms with van der Waals surface area (Å²) in [4.78, 5) is 35.6. The van der Waals surface area contributed by atoms with Crippen LogP contribution in [0.4, 0.5) is 0 Å². The van der Waals surface area contributed by atoms with E-state index in [-0.39, 0.29) is 23.7 Å². The first kappa shape index (κ1) is 22.6. The van der Waals surface area contributed by atoms with Gasteiger partial charge in [-0.05, 0) is 49.6 Å². The second-order valence-electron chi connectivity index (χ2n) is 8.39. The Hall–Kier alpha value is -3.61. The van der Waals surface area contributed by atoms with Crippen molar-refractivity contribution in [2.24, 2.45) is 0 Å². The molecule has 0 saturated carbocycles. The highest BCUT2D eigenvalue weighted by Gasteiger charge is 2.30. The van der Waals surface area contributed by atoms with Gasteiger partial charge in [-0.15, -0.1) is 0 Å². The highest BCUT2D eigenvalue weighted by molar-refractivity contribution is 5.98. The molecule has 2 amide bonds. The van der Waals surface area contributed by atoms with Gasteiger partial charge in [0.15, 0.2) is 0 Å². The molecule has 0 aliphatic carbocycles. The summed E-state index contributed by atoms with van der Waals surface area (Å²) in [6.07, 6.45) is 1.60. The number of nitrogens with one attached hydrogen (secondary N) is 2. The Balaban J connectivity index is 1.49. The van der Waals surface area contributed by atoms with Crippen molar-refractivity contribution in [2.45, 2.75) is 31.6 Å². The smallest absolute Gasteiger partial charge is 0.269 e. The molecule has 7 nitrogen and oxygen atoms in total. The van der Waals surface area contributed by atoms with Crippen molar-refractivity contribution in [3.05, 3.63) is 71.7 Å². The first-order valence-corrected chi connectivity index (χ1v) is 11.3. The zero-order valence-electron chi connectivity index (χ0n) is 19.3. The fourth-order valence-electron chi connectivity index (χ4n) is 4.36. The maximum absolute atomic E-state index is 13.0. The standard InChI is InChI=1S/C26H30N4O3/c1-17(18-7-5-4-6-8-18)26(32)30-15-13-20(14-16-30)24-28-22(23(29-24)25(31)27-2)19-9-11-21(33-3)12-10-19/h4-12,17,20H,13-16H2,1-3H3,(H,27,31)(H,28,29)/t17-/m1/s1. The van der Waals surface area contributed by atoms with E-state index in [4.69, 9.17) is 9.72 Å². The zero-order chi connectivity index (χ0) is 23.4. The van der Waals surface area contributed by atoms with Crippen molar-refractivity contribution >= 4 is 11.8 Å². The lowest BCUT2D eigenvalue weighted by molar-refractivity contribution is -0.133. The summed E-state index contributed by atoms with van der Waals surface area (Å²) in [5, 5.41) is 2.69. The molecular weight excluding hydrogens is 416 g/mol. The molecule has 2 heterocycles. The van der Waals surface area contributed by atoms with Gasteiger partial charge < -0.3 is 19.9 Å². The summed E-state index contributed by atoms with van der Waals surface area (Å²) >= 11 is 0. The Morgan fingerprint density at radius 2 is 1.76 bits per heavy atom. The van der Waals surface area contributed by atoms with Gasteiger partial charge in [0.05, 0.1) is 13.0 Å². The number of hydrogen-bond donors (Lipinski definition) is 2. The molecule has 1 fully saturated rings. The van der Waals surface area contributed by atoms with Crippen LogP contribution in [-0.2, 0) is 4.79 Å². The van der Waals surface area contributed by atoms with E-state index < -0.39 is 0 Å². The van der Waals surface area contributed by atoms with E-state index in [1.54, 1.807) is 14.2 Å². The van der Waals surface area contributed by atoms with Crippen LogP contribution in [-0.4, -0.2) is 53.9 Å². The average molecular weight is 447 g/mol. The number of amides is 2. The number of ether oxygens (including phenoxy) is 1. The van der Waals surface area contributed by atoms with Crippen molar-refractivity contribution in [3.63, 3.8) is 0 Å². The Morgan fingerprint density at radius 1 is 1.09 bits per heavy atom. The zero-order valence-corrected chi connectivity index (χ0v) is 19.3. The summed E-state index contributed by atoms with van der Waals surface area (Å²) in [5.74, 6) is 1.50. The number of benzene rings is 2. The number of carbonyl (C=O) groups excluding carboxylic acids is 2. The lowest BCUT2D eigenvalue weighted by Crippen LogP contribution is -2.40. The second kappa shape index (κ2) is 9.90. The minimum absolute atomic E-state index is 0.157. The quantitative estimate of drug-likeness (QED) is 0.600. The van der Waals surface area contributed by atoms with Crippen molar-refractivity contribution in [2.75, 3.05) is 27.2 Å². The van der Waals surface area contributed by atoms with Crippen LogP contribution in [0, 0.1) is 0 Å². The highest BCUT2D eigenvalue weighted by Crippen LogP contribution is 2.32. The van der Waals surface area contributed by atoms with Gasteiger partial charge in [0, 0.05) is 31.6 Å². The average Bonchev–Trinajstić information content (AvgIpc) is 3.33. The molecule has 1 saturated heterocycles. The molecule has 172 valence electrons. The topological polar surface area (TPSA) is 87.3 Å². The van der Waals surface area contributed by atoms with Gasteiger partial charge in [0.25, 0.3) is 5.91 Å². The van der Waals surface area contributed by atoms with Gasteiger partial charge in [0.2, 0.25) is 5.91 Å². The van der Waals surface area contributed by atoms with Gasteiger partial charge in [-0.2, -0.15) is 0 Å². The molecule has 2 aromatic carbocycles. The monoisotopic (exact) mass is 446 g/mol. The van der Waals surface area contributed by atoms with Crippen molar-refractivity contribution in [1.29, 1.82) is 0 Å². The molecule has 33 heavy (non-hydrogen) atoms. The fourth-order valence-corrected chi connectivity index (χ4v) is 4.36. The molecular formula is C26H30N4O3. The predicted octanol–water partition coefficient (Wildman–Crippen LogP) is 3.95. The van der Waals surface area contributed by atoms with Crippen LogP contribution in [0.25, 0.3) is 11.3 Å². The lowest BCUT2D eigenvalue weighted by atomic mass is 9.93. The summed E-state index contributed by atoms with van der Waals surface area (Å²) in [7, 11) is 3.23. The maximum atomic E-state index is 13.0. The van der Waals surface area contributed by atoms with E-state index in [0.717, 1.165) is 35.5 Å². The Labute approximate surface area is 194 Å². The fraction of sp³-hybridized carbons (Fsp3) is 0.346. The van der Waals surface area contributed by atoms with E-state index in [9.17, 15) is 9.59 Å². The van der Waals surface area contributed by atoms with E-state index in [1.807, 2.05) is 66.4 Å². The second-order valence-corrected chi connectivity index (χ2v) is 8.39. The number of H-pyrrole nitrogens is 1. The largest absolute Gasteiger partial charge is 0.497 e. The van der Waals surface area contributed by atoms with Crippen LogP contribution in [0.3, 0.4) is 0 Å². The number of methoxy groups -OCH3 is 1. The Bertz CT molecular complexity index is 1100. The normalized spacial score (nSPS) is 15.2. The molecule has 0 unspecified atom stereocenters. The predicted molar refractivity (Wildman–Crippen MR) is 127 cm³/mol. The van der Waals surface area contributed by atoms with E-state index in [2.05, 4.69) is 10.3 Å². The molecule has 0 radical (unpaired) electrons. The summed E-state index contributed by atoms with van der Waals surface area (Å²) in [6, 6.07) is 17.4. The lowest BCUT2D eigenvalue weighted by Gasteiger charge is -2.33. The number of likely N-dealkylation sites (tertiary alicyclic amines) is 1. The third-order valence-electron chi connectivity index (χ3n) is 6.40. The molecule has 0 bridgehead atoms. The number of nitrogens with zero attached hydrogens (tertiary/aromatic N) is 2. The number of aromatic nitrogens is 2. The van der Waals surface area contributed by atoms with Crippen LogP contribution >= 0.6 is 0 Å². The minimum Gasteiger partial charge on any atom is -0.497 e. The first-order chi connectivity index (χ1) is 16.0. The summed E-state index contributed by atoms with van der Waals surface area (Å²) < 4.78 is 5.24. The van der Waals surface area contributed by atoms with E-state index in [0.29, 0.717) is 24.5 Å². The first-order valence-electron chi connectivity index (χ1n) is 11.3. The number of hydrogen-bond acceptors (Lipinski definition) is 4. The van der Waals surface area contributed by atoms with Gasteiger partial charge >= 0.3 is 0 Å². The van der Waals surface area contributed by atoms with Crippen LogP contribution in [0.1, 0.15) is 53.5 Å². The molecule has 4 rings (SSSR count). The number of carbonyl (C=O) groups is 2. The van der Waals surface area contributed by atoms with Crippen molar-refractivity contribution in [3.8, 4) is 17.0 Å². The minimum atomic E-state index is -0.205. The van der Waals surface area contributed by atoms with Gasteiger partial charge in [0.1, 0.15) is 23.0 Å². The van der Waals surface area contributed by atoms with Crippen LogP contribution in [0.2, 0.25) is 0 Å². The summed E-state index contributed by atoms with van der Waals surface area (Å²) in [5.41, 5.74) is 2.97. The van der Waals surface area contributed by atoms with Gasteiger partial charge in [-0.25, -0.2) is 4.98 Å². The van der Waals surface area contributed by atoms with Crippen molar-refractivity contribution < 1.29 is 14.3 Å². The molecule has 7 heteroatoms. The van der Waals surface area contributed by atoms with Gasteiger partial charge in [-0.3, -0.25) is 9.59 Å². The molecule has 0 spiro atoms. The number of imidazole rings is 1. The van der Waals surface area contributed by atoms with Crippen LogP contribution in [0.5, 0.6) is 5.75 Å². The summed E-state index contributed by atoms with van der Waals surface area (Å²) in [6.45, 7) is 3.32. The SMILES string of the molecule is CNC(=O)c1[nH]c(C2CCN(C(=O)[C@H](C)c3ccccc3)CC2)nc1-c1ccc(OC)cc1. The Kier molecular flexibility index (Phi) is 6.77. The molecule has 3 aromatic rings. The van der Waals surface area contributed by atoms with Crippen LogP contribution in [0.15, 0.2) is 54.6 Å². The van der Waals surface area contributed by atoms with Crippen molar-refractivity contribution in [1.82, 2.24) is 20.2 Å². The molecule has 1 aliphatic heterocycles. The number of aromatic amines is 1. The maximum Gasteiger partial charge on any atom is 0.269 e. The third-order valence-corrected chi connectivity index (χ3v) is 6.40. The van der Waals surface area contributed by atoms with E-state index in [1.165, 1.54) is 0 Å². The Morgan fingerprint density at radius 3 is 2.36 bits per heavy atom. The molecule has 1 atom stereocenters. The molecule has 1 aliphatic rings. The van der Waals surface area contributed by atoms with Crippen LogP contribution < -0.4 is 10.1 Å². The van der Waals surface area contributed by atoms with Gasteiger partial charge in [-0.1, -0.05) is 30.3 Å². The molecule has 2 N–H and O–H groups in total.